The van der Waals surface area contributed by atoms with Crippen LogP contribution in [0.3, 0.4) is 0 Å². The molecule has 7 heteroatoms. The SMILES string of the molecule is CCCC(=O)NCc1ccc(S(=O)(=O)N2CCN(C)CC2)cc1. The number of carbonyl (C=O) groups is 1. The molecular formula is C16H25N3O3S. The van der Waals surface area contributed by atoms with Gasteiger partial charge >= 0.3 is 0 Å². The Morgan fingerprint density at radius 2 is 1.74 bits per heavy atom. The molecule has 1 amide bonds. The van der Waals surface area contributed by atoms with E-state index in [4.69, 9.17) is 0 Å². The molecule has 6 nitrogen and oxygen atoms in total. The number of hydrogen-bond acceptors (Lipinski definition) is 4. The van der Waals surface area contributed by atoms with Crippen LogP contribution in [0, 0.1) is 0 Å². The highest BCUT2D eigenvalue weighted by Gasteiger charge is 2.27. The van der Waals surface area contributed by atoms with Crippen LogP contribution in [0.4, 0.5) is 0 Å². The van der Waals surface area contributed by atoms with Gasteiger partial charge in [0.15, 0.2) is 0 Å². The molecule has 0 aliphatic carbocycles. The summed E-state index contributed by atoms with van der Waals surface area (Å²) in [5.41, 5.74) is 0.895. The Hall–Kier alpha value is -1.44. The summed E-state index contributed by atoms with van der Waals surface area (Å²) in [6.07, 6.45) is 1.32. The van der Waals surface area contributed by atoms with Gasteiger partial charge in [0.2, 0.25) is 15.9 Å². The summed E-state index contributed by atoms with van der Waals surface area (Å²) >= 11 is 0. The van der Waals surface area contributed by atoms with E-state index < -0.39 is 10.0 Å². The number of sulfonamides is 1. The van der Waals surface area contributed by atoms with Crippen LogP contribution in [0.15, 0.2) is 29.2 Å². The van der Waals surface area contributed by atoms with E-state index in [2.05, 4.69) is 10.2 Å². The van der Waals surface area contributed by atoms with Crippen LogP contribution in [0.5, 0.6) is 0 Å². The first kappa shape index (κ1) is 17.9. The molecule has 0 radical (unpaired) electrons. The molecule has 0 atom stereocenters. The fraction of sp³-hybridized carbons (Fsp3) is 0.562. The van der Waals surface area contributed by atoms with E-state index in [0.717, 1.165) is 25.1 Å². The van der Waals surface area contributed by atoms with Crippen molar-refractivity contribution >= 4 is 15.9 Å². The van der Waals surface area contributed by atoms with Gasteiger partial charge in [0.05, 0.1) is 4.90 Å². The second-order valence-electron chi connectivity index (χ2n) is 5.88. The molecule has 0 aromatic heterocycles. The number of nitrogens with zero attached hydrogens (tertiary/aromatic N) is 2. The molecule has 23 heavy (non-hydrogen) atoms. The lowest BCUT2D eigenvalue weighted by Gasteiger charge is -2.31. The van der Waals surface area contributed by atoms with Crippen molar-refractivity contribution < 1.29 is 13.2 Å². The molecule has 1 aromatic carbocycles. The molecule has 2 rings (SSSR count). The average Bonchev–Trinajstić information content (AvgIpc) is 2.54. The van der Waals surface area contributed by atoms with E-state index in [1.54, 1.807) is 24.3 Å². The summed E-state index contributed by atoms with van der Waals surface area (Å²) in [5, 5.41) is 2.82. The predicted octanol–water partition coefficient (Wildman–Crippen LogP) is 1.04. The molecule has 1 aliphatic rings. The highest BCUT2D eigenvalue weighted by molar-refractivity contribution is 7.89. The maximum absolute atomic E-state index is 12.6. The molecule has 1 fully saturated rings. The molecule has 1 aromatic rings. The van der Waals surface area contributed by atoms with Crippen LogP contribution in [0.25, 0.3) is 0 Å². The summed E-state index contributed by atoms with van der Waals surface area (Å²) in [5.74, 6) is 0.0154. The maximum atomic E-state index is 12.6. The van der Waals surface area contributed by atoms with E-state index in [1.165, 1.54) is 4.31 Å². The van der Waals surface area contributed by atoms with Gasteiger partial charge in [-0.25, -0.2) is 8.42 Å². The minimum absolute atomic E-state index is 0.0154. The van der Waals surface area contributed by atoms with Crippen LogP contribution in [0.2, 0.25) is 0 Å². The Kier molecular flexibility index (Phi) is 6.15. The van der Waals surface area contributed by atoms with Crippen LogP contribution in [0.1, 0.15) is 25.3 Å². The molecule has 0 bridgehead atoms. The van der Waals surface area contributed by atoms with E-state index in [0.29, 0.717) is 31.0 Å². The van der Waals surface area contributed by atoms with Crippen molar-refractivity contribution in [2.45, 2.75) is 31.2 Å². The third kappa shape index (κ3) is 4.76. The molecule has 128 valence electrons. The number of amides is 1. The minimum Gasteiger partial charge on any atom is -0.352 e. The topological polar surface area (TPSA) is 69.7 Å². The Labute approximate surface area is 138 Å². The van der Waals surface area contributed by atoms with Crippen LogP contribution < -0.4 is 5.32 Å². The quantitative estimate of drug-likeness (QED) is 0.841. The Balaban J connectivity index is 1.99. The molecule has 0 saturated carbocycles. The number of hydrogen-bond donors (Lipinski definition) is 1. The monoisotopic (exact) mass is 339 g/mol. The van der Waals surface area contributed by atoms with Crippen LogP contribution >= 0.6 is 0 Å². The first-order chi connectivity index (χ1) is 10.9. The second-order valence-corrected chi connectivity index (χ2v) is 7.82. The highest BCUT2D eigenvalue weighted by Crippen LogP contribution is 2.18. The van der Waals surface area contributed by atoms with Gasteiger partial charge in [0.1, 0.15) is 0 Å². The van der Waals surface area contributed by atoms with Crippen LogP contribution in [-0.2, 0) is 21.4 Å². The number of carbonyl (C=O) groups excluding carboxylic acids is 1. The summed E-state index contributed by atoms with van der Waals surface area (Å²) in [6.45, 7) is 4.92. The summed E-state index contributed by atoms with van der Waals surface area (Å²) < 4.78 is 26.7. The number of nitrogens with one attached hydrogen (secondary N) is 1. The smallest absolute Gasteiger partial charge is 0.243 e. The van der Waals surface area contributed by atoms with Gasteiger partial charge in [0.25, 0.3) is 0 Å². The molecular weight excluding hydrogens is 314 g/mol. The number of piperazine rings is 1. The summed E-state index contributed by atoms with van der Waals surface area (Å²) in [7, 11) is -1.43. The highest BCUT2D eigenvalue weighted by atomic mass is 32.2. The number of benzene rings is 1. The van der Waals surface area contributed by atoms with Gasteiger partial charge in [-0.15, -0.1) is 0 Å². The van der Waals surface area contributed by atoms with E-state index in [-0.39, 0.29) is 5.91 Å². The fourth-order valence-electron chi connectivity index (χ4n) is 2.47. The Bertz CT molecular complexity index is 620. The molecule has 0 spiro atoms. The fourth-order valence-corrected chi connectivity index (χ4v) is 3.90. The van der Waals surface area contributed by atoms with E-state index in [1.807, 2.05) is 14.0 Å². The minimum atomic E-state index is -3.42. The summed E-state index contributed by atoms with van der Waals surface area (Å²) in [6, 6.07) is 6.76. The van der Waals surface area contributed by atoms with Crippen molar-refractivity contribution in [1.82, 2.24) is 14.5 Å². The molecule has 1 aliphatic heterocycles. The lowest BCUT2D eigenvalue weighted by atomic mass is 10.2. The van der Waals surface area contributed by atoms with E-state index in [9.17, 15) is 13.2 Å². The van der Waals surface area contributed by atoms with Crippen LogP contribution in [-0.4, -0.2) is 56.8 Å². The van der Waals surface area contributed by atoms with Gasteiger partial charge in [-0.2, -0.15) is 4.31 Å². The van der Waals surface area contributed by atoms with Gasteiger partial charge < -0.3 is 10.2 Å². The first-order valence-electron chi connectivity index (χ1n) is 7.98. The van der Waals surface area contributed by atoms with Gasteiger partial charge in [-0.3, -0.25) is 4.79 Å². The zero-order chi connectivity index (χ0) is 16.9. The standard InChI is InChI=1S/C16H25N3O3S/c1-3-4-16(20)17-13-14-5-7-15(8-6-14)23(21,22)19-11-9-18(2)10-12-19/h5-8H,3-4,9-13H2,1-2H3,(H,17,20). The molecule has 1 heterocycles. The van der Waals surface area contributed by atoms with E-state index >= 15 is 0 Å². The molecule has 1 N–H and O–H groups in total. The largest absolute Gasteiger partial charge is 0.352 e. The Morgan fingerprint density at radius 3 is 2.30 bits per heavy atom. The average molecular weight is 339 g/mol. The Morgan fingerprint density at radius 1 is 1.13 bits per heavy atom. The van der Waals surface area contributed by atoms with Crippen molar-refractivity contribution in [3.8, 4) is 0 Å². The van der Waals surface area contributed by atoms with Gasteiger partial charge in [-0.1, -0.05) is 19.1 Å². The van der Waals surface area contributed by atoms with Crippen molar-refractivity contribution in [3.63, 3.8) is 0 Å². The van der Waals surface area contributed by atoms with Crippen molar-refractivity contribution in [2.24, 2.45) is 0 Å². The lowest BCUT2D eigenvalue weighted by Crippen LogP contribution is -2.47. The zero-order valence-electron chi connectivity index (χ0n) is 13.8. The maximum Gasteiger partial charge on any atom is 0.243 e. The zero-order valence-corrected chi connectivity index (χ0v) is 14.6. The number of rotatable bonds is 6. The normalized spacial score (nSPS) is 17.1. The molecule has 1 saturated heterocycles. The van der Waals surface area contributed by atoms with Crippen molar-refractivity contribution in [1.29, 1.82) is 0 Å². The molecule has 0 unspecified atom stereocenters. The second kappa shape index (κ2) is 7.90. The van der Waals surface area contributed by atoms with Crippen molar-refractivity contribution in [2.75, 3.05) is 33.2 Å². The lowest BCUT2D eigenvalue weighted by molar-refractivity contribution is -0.121. The summed E-state index contributed by atoms with van der Waals surface area (Å²) in [4.78, 5) is 13.9. The van der Waals surface area contributed by atoms with Gasteiger partial charge in [0, 0.05) is 39.1 Å². The third-order valence-corrected chi connectivity index (χ3v) is 5.90. The van der Waals surface area contributed by atoms with Gasteiger partial charge in [-0.05, 0) is 31.2 Å². The first-order valence-corrected chi connectivity index (χ1v) is 9.42. The predicted molar refractivity (Wildman–Crippen MR) is 89.5 cm³/mol. The number of likely N-dealkylation sites (N-methyl/N-ethyl adjacent to an activating group) is 1. The third-order valence-electron chi connectivity index (χ3n) is 3.99. The van der Waals surface area contributed by atoms with Crippen molar-refractivity contribution in [3.05, 3.63) is 29.8 Å².